The van der Waals surface area contributed by atoms with Crippen molar-refractivity contribution in [2.24, 2.45) is 11.3 Å². The first-order chi connectivity index (χ1) is 14.1. The third kappa shape index (κ3) is 3.86. The van der Waals surface area contributed by atoms with Crippen LogP contribution in [-0.4, -0.2) is 37.0 Å². The number of carbonyl (C=O) groups excluding carboxylic acids is 1. The van der Waals surface area contributed by atoms with Crippen LogP contribution in [0.4, 0.5) is 0 Å². The van der Waals surface area contributed by atoms with Crippen LogP contribution in [0.5, 0.6) is 0 Å². The molecule has 2 aliphatic carbocycles. The number of Topliss-reactive ketones (excluding diaryl/α,β-unsaturated/α-hetero) is 1. The second kappa shape index (κ2) is 8.55. The molecule has 3 aliphatic heterocycles. The van der Waals surface area contributed by atoms with E-state index in [2.05, 4.69) is 54.5 Å². The number of ketones is 1. The molecule has 0 unspecified atom stereocenters. The number of allylic oxidation sites excluding steroid dienone is 3. The molecule has 5 heteroatoms. The first-order valence-corrected chi connectivity index (χ1v) is 14.6. The predicted molar refractivity (Wildman–Crippen MR) is 124 cm³/mol. The maximum absolute atomic E-state index is 13.8. The monoisotopic (exact) mass is 434 g/mol. The molecule has 1 N–H and O–H groups in total. The molecule has 0 spiro atoms. The van der Waals surface area contributed by atoms with Crippen LogP contribution < -0.4 is 0 Å². The summed E-state index contributed by atoms with van der Waals surface area (Å²) in [5, 5.41) is 11.6. The highest BCUT2D eigenvalue weighted by Gasteiger charge is 2.57. The molecule has 4 bridgehead atoms. The Morgan fingerprint density at radius 1 is 1.20 bits per heavy atom. The average molecular weight is 435 g/mol. The zero-order valence-electron chi connectivity index (χ0n) is 20.1. The van der Waals surface area contributed by atoms with E-state index in [1.165, 1.54) is 5.57 Å². The smallest absolute Gasteiger partial charge is 0.192 e. The van der Waals surface area contributed by atoms with Gasteiger partial charge in [-0.25, -0.2) is 0 Å². The summed E-state index contributed by atoms with van der Waals surface area (Å²) in [6.45, 7) is 15.1. The Balaban J connectivity index is 2.12. The van der Waals surface area contributed by atoms with Crippen LogP contribution in [0.3, 0.4) is 0 Å². The molecule has 0 amide bonds. The number of hydrogen-bond acceptors (Lipinski definition) is 4. The molecule has 5 aliphatic rings. The predicted octanol–water partition coefficient (Wildman–Crippen LogP) is 5.92. The second-order valence-corrected chi connectivity index (χ2v) is 15.1. The number of carbonyl (C=O) groups is 1. The minimum atomic E-state index is -2.00. The summed E-state index contributed by atoms with van der Waals surface area (Å²) < 4.78 is 13.5. The average Bonchev–Trinajstić information content (AvgIpc) is 2.71. The summed E-state index contributed by atoms with van der Waals surface area (Å²) >= 11 is 0. The lowest BCUT2D eigenvalue weighted by molar-refractivity contribution is -0.156. The third-order valence-corrected chi connectivity index (χ3v) is 13.3. The molecule has 4 nitrogen and oxygen atoms in total. The fraction of sp³-hybridized carbons (Fsp3) is 0.800. The van der Waals surface area contributed by atoms with Crippen LogP contribution in [0.2, 0.25) is 18.1 Å². The van der Waals surface area contributed by atoms with Crippen LogP contribution in [0, 0.1) is 11.3 Å². The van der Waals surface area contributed by atoms with Gasteiger partial charge in [0.05, 0.1) is 5.57 Å². The highest BCUT2D eigenvalue weighted by atomic mass is 28.4. The number of ether oxygens (including phenoxy) is 1. The summed E-state index contributed by atoms with van der Waals surface area (Å²) in [7, 11) is -2.00. The van der Waals surface area contributed by atoms with Crippen molar-refractivity contribution in [3.05, 3.63) is 23.0 Å². The lowest BCUT2D eigenvalue weighted by Crippen LogP contribution is -2.61. The maximum atomic E-state index is 13.8. The molecule has 5 rings (SSSR count). The van der Waals surface area contributed by atoms with Gasteiger partial charge in [-0.1, -0.05) is 46.3 Å². The normalized spacial score (nSPS) is 39.3. The minimum Gasteiger partial charge on any atom is -0.489 e. The first kappa shape index (κ1) is 23.7. The van der Waals surface area contributed by atoms with Gasteiger partial charge in [0.15, 0.2) is 14.1 Å². The Hall–Kier alpha value is -0.913. The fourth-order valence-electron chi connectivity index (χ4n) is 5.67. The Bertz CT molecular complexity index is 729. The highest BCUT2D eigenvalue weighted by Crippen LogP contribution is 2.51. The second-order valence-electron chi connectivity index (χ2n) is 10.4. The number of fused-ring (bicyclic) bond motifs is 2. The van der Waals surface area contributed by atoms with Crippen molar-refractivity contribution in [1.82, 2.24) is 0 Å². The van der Waals surface area contributed by atoms with E-state index in [1.54, 1.807) is 0 Å². The van der Waals surface area contributed by atoms with E-state index in [1.807, 2.05) is 0 Å². The van der Waals surface area contributed by atoms with Gasteiger partial charge >= 0.3 is 0 Å². The van der Waals surface area contributed by atoms with E-state index in [0.29, 0.717) is 5.57 Å². The van der Waals surface area contributed by atoms with Gasteiger partial charge in [0.2, 0.25) is 0 Å². The van der Waals surface area contributed by atoms with E-state index in [4.69, 9.17) is 9.16 Å². The zero-order valence-corrected chi connectivity index (χ0v) is 21.1. The zero-order chi connectivity index (χ0) is 22.3. The molecular weight excluding hydrogens is 392 g/mol. The van der Waals surface area contributed by atoms with Gasteiger partial charge in [-0.3, -0.25) is 4.79 Å². The lowest BCUT2D eigenvalue weighted by atomic mass is 9.62. The highest BCUT2D eigenvalue weighted by molar-refractivity contribution is 6.73. The number of aliphatic hydroxyl groups excluding tert-OH is 1. The molecular formula is C25H42O4Si. The van der Waals surface area contributed by atoms with Crippen molar-refractivity contribution in [2.75, 3.05) is 0 Å². The molecule has 0 radical (unpaired) electrons. The van der Waals surface area contributed by atoms with Crippen LogP contribution in [0.1, 0.15) is 80.6 Å². The summed E-state index contributed by atoms with van der Waals surface area (Å²) in [6, 6.07) is 3.02. The maximum Gasteiger partial charge on any atom is 0.192 e. The molecule has 0 aromatic heterocycles. The first-order valence-electron chi connectivity index (χ1n) is 12.0. The van der Waals surface area contributed by atoms with Crippen molar-refractivity contribution >= 4 is 14.1 Å². The standard InChI is InChI=1S/C25H42O4Si/c1-8-30(9-2,10-3)29-23-21(26)20-19-16-18(5)24(6,22(20)27)15-13-17(4)12-11-14-25(23,7)28-19/h12,18,21,23,26H,8-11,13-16H2,1-7H3/b17-12+/t18-,21-,23-,24+,25+/m1/s1. The van der Waals surface area contributed by atoms with Crippen molar-refractivity contribution in [3.8, 4) is 0 Å². The molecule has 0 saturated carbocycles. The Labute approximate surface area is 184 Å². The number of rotatable bonds is 5. The van der Waals surface area contributed by atoms with Crippen molar-refractivity contribution in [1.29, 1.82) is 0 Å². The van der Waals surface area contributed by atoms with Crippen LogP contribution in [-0.2, 0) is 14.0 Å². The summed E-state index contributed by atoms with van der Waals surface area (Å²) in [6.07, 6.45) is 5.05. The Morgan fingerprint density at radius 2 is 1.83 bits per heavy atom. The quantitative estimate of drug-likeness (QED) is 0.431. The van der Waals surface area contributed by atoms with Gasteiger partial charge in [0.1, 0.15) is 23.6 Å². The van der Waals surface area contributed by atoms with Crippen LogP contribution in [0.15, 0.2) is 23.0 Å². The van der Waals surface area contributed by atoms with Gasteiger partial charge in [-0.15, -0.1) is 0 Å². The number of aliphatic hydroxyl groups is 1. The van der Waals surface area contributed by atoms with Crippen LogP contribution >= 0.6 is 0 Å². The van der Waals surface area contributed by atoms with E-state index in [0.717, 1.165) is 56.0 Å². The topological polar surface area (TPSA) is 55.8 Å². The molecule has 0 fully saturated rings. The van der Waals surface area contributed by atoms with E-state index >= 15 is 0 Å². The minimum absolute atomic E-state index is 0.0736. The summed E-state index contributed by atoms with van der Waals surface area (Å²) in [4.78, 5) is 13.8. The Kier molecular flexibility index (Phi) is 6.77. The largest absolute Gasteiger partial charge is 0.489 e. The molecule has 3 heterocycles. The van der Waals surface area contributed by atoms with Gasteiger partial charge < -0.3 is 14.3 Å². The van der Waals surface area contributed by atoms with E-state index < -0.39 is 31.5 Å². The van der Waals surface area contributed by atoms with Gasteiger partial charge in [0, 0.05) is 11.8 Å². The van der Waals surface area contributed by atoms with E-state index in [9.17, 15) is 9.90 Å². The molecule has 5 atom stereocenters. The van der Waals surface area contributed by atoms with Crippen molar-refractivity contribution in [3.63, 3.8) is 0 Å². The van der Waals surface area contributed by atoms with Gasteiger partial charge in [-0.2, -0.15) is 0 Å². The molecule has 0 aromatic rings. The third-order valence-electron chi connectivity index (χ3n) is 8.67. The molecule has 0 saturated heterocycles. The van der Waals surface area contributed by atoms with Crippen molar-refractivity contribution in [2.45, 2.75) is 117 Å². The van der Waals surface area contributed by atoms with E-state index in [-0.39, 0.29) is 11.7 Å². The summed E-state index contributed by atoms with van der Waals surface area (Å²) in [5.41, 5.74) is 0.754. The molecule has 170 valence electrons. The SMILES string of the molecule is CC[Si](CC)(CC)O[C@@H]1[C@H](O)C2=C3C[C@@H](C)[C@](C)(CC/C(C)=C/CC[C@]1(C)O3)C2=O. The molecule has 0 aromatic carbocycles. The van der Waals surface area contributed by atoms with Crippen LogP contribution in [0.25, 0.3) is 0 Å². The Morgan fingerprint density at radius 3 is 2.43 bits per heavy atom. The van der Waals surface area contributed by atoms with Gasteiger partial charge in [0.25, 0.3) is 0 Å². The van der Waals surface area contributed by atoms with Crippen molar-refractivity contribution < 1.29 is 19.1 Å². The summed E-state index contributed by atoms with van der Waals surface area (Å²) in [5.74, 6) is 0.989. The lowest BCUT2D eigenvalue weighted by Gasteiger charge is -2.52. The molecule has 30 heavy (non-hydrogen) atoms. The van der Waals surface area contributed by atoms with Gasteiger partial charge in [-0.05, 0) is 63.6 Å². The number of hydrogen-bond donors (Lipinski definition) is 1. The fourth-order valence-corrected chi connectivity index (χ4v) is 8.58.